The number of unbranched alkanes of at least 4 members (excludes halogenated alkanes) is 1. The Hall–Kier alpha value is -3.67. The molecule has 6 heteroatoms. The van der Waals surface area contributed by atoms with E-state index in [1.807, 2.05) is 19.1 Å². The van der Waals surface area contributed by atoms with Gasteiger partial charge in [-0.2, -0.15) is 13.2 Å². The number of hydrogen-bond acceptors (Lipinski definition) is 2. The smallest absolute Gasteiger partial charge is 0.416 e. The first-order valence-electron chi connectivity index (χ1n) is 12.3. The Morgan fingerprint density at radius 1 is 0.973 bits per heavy atom. The molecule has 0 amide bonds. The second-order valence-corrected chi connectivity index (χ2v) is 8.70. The van der Waals surface area contributed by atoms with Gasteiger partial charge in [-0.25, -0.2) is 9.18 Å². The molecule has 0 saturated heterocycles. The fourth-order valence-electron chi connectivity index (χ4n) is 3.84. The van der Waals surface area contributed by atoms with E-state index in [-0.39, 0.29) is 17.8 Å². The highest BCUT2D eigenvalue weighted by molar-refractivity contribution is 5.90. The minimum atomic E-state index is -4.45. The average Bonchev–Trinajstić information content (AvgIpc) is 2.89. The number of halogens is 4. The van der Waals surface area contributed by atoms with Crippen LogP contribution in [0.1, 0.15) is 66.3 Å². The summed E-state index contributed by atoms with van der Waals surface area (Å²) in [6, 6.07) is 16.2. The molecule has 3 aromatic rings. The van der Waals surface area contributed by atoms with E-state index in [4.69, 9.17) is 4.74 Å². The average molecular weight is 511 g/mol. The number of benzene rings is 3. The maximum Gasteiger partial charge on any atom is 0.416 e. The summed E-state index contributed by atoms with van der Waals surface area (Å²) in [5.74, 6) is -0.939. The van der Waals surface area contributed by atoms with E-state index in [2.05, 4.69) is 6.92 Å². The molecule has 194 valence electrons. The van der Waals surface area contributed by atoms with Crippen LogP contribution in [0, 0.1) is 5.82 Å². The van der Waals surface area contributed by atoms with Crippen molar-refractivity contribution in [1.29, 1.82) is 0 Å². The van der Waals surface area contributed by atoms with Crippen LogP contribution in [0.4, 0.5) is 17.6 Å². The maximum atomic E-state index is 14.7. The van der Waals surface area contributed by atoms with Crippen molar-refractivity contribution in [2.24, 2.45) is 0 Å². The lowest BCUT2D eigenvalue weighted by molar-refractivity contribution is -0.137. The fraction of sp³-hybridized carbons (Fsp3) is 0.258. The normalized spacial score (nSPS) is 12.8. The van der Waals surface area contributed by atoms with E-state index in [9.17, 15) is 22.4 Å². The van der Waals surface area contributed by atoms with Crippen LogP contribution >= 0.6 is 0 Å². The number of hydrogen-bond donors (Lipinski definition) is 0. The predicted octanol–water partition coefficient (Wildman–Crippen LogP) is 9.27. The Balaban J connectivity index is 1.77. The Bertz CT molecular complexity index is 1220. The number of allylic oxidation sites excluding steroid dienone is 3. The van der Waals surface area contributed by atoms with Gasteiger partial charge in [0, 0.05) is 12.0 Å². The molecule has 0 radical (unpaired) electrons. The summed E-state index contributed by atoms with van der Waals surface area (Å²) in [6.45, 7) is 3.94. The van der Waals surface area contributed by atoms with Crippen LogP contribution in [0.2, 0.25) is 0 Å². The Morgan fingerprint density at radius 3 is 2.27 bits per heavy atom. The number of rotatable bonds is 10. The van der Waals surface area contributed by atoms with Crippen LogP contribution in [0.5, 0.6) is 0 Å². The molecule has 0 aliphatic heterocycles. The lowest BCUT2D eigenvalue weighted by atomic mass is 10.00. The van der Waals surface area contributed by atoms with Crippen LogP contribution < -0.4 is 0 Å². The van der Waals surface area contributed by atoms with Crippen molar-refractivity contribution in [2.45, 2.75) is 51.8 Å². The number of carbonyl (C=O) groups is 1. The second kappa shape index (κ2) is 13.0. The monoisotopic (exact) mass is 510 g/mol. The molecular weight excluding hydrogens is 480 g/mol. The van der Waals surface area contributed by atoms with Gasteiger partial charge in [0.25, 0.3) is 0 Å². The summed E-state index contributed by atoms with van der Waals surface area (Å²) >= 11 is 0. The fourth-order valence-corrected chi connectivity index (χ4v) is 3.84. The van der Waals surface area contributed by atoms with Crippen molar-refractivity contribution in [3.8, 4) is 11.1 Å². The summed E-state index contributed by atoms with van der Waals surface area (Å²) in [4.78, 5) is 12.9. The molecule has 0 spiro atoms. The first-order chi connectivity index (χ1) is 17.7. The molecule has 0 fully saturated rings. The van der Waals surface area contributed by atoms with E-state index in [1.165, 1.54) is 12.1 Å². The van der Waals surface area contributed by atoms with Gasteiger partial charge in [-0.05, 0) is 66.8 Å². The molecule has 1 atom stereocenters. The summed E-state index contributed by atoms with van der Waals surface area (Å²) in [7, 11) is 0. The Kier molecular flexibility index (Phi) is 9.84. The van der Waals surface area contributed by atoms with Crippen molar-refractivity contribution in [1.82, 2.24) is 0 Å². The van der Waals surface area contributed by atoms with Gasteiger partial charge in [-0.3, -0.25) is 0 Å². The second-order valence-electron chi connectivity index (χ2n) is 8.70. The first-order valence-corrected chi connectivity index (χ1v) is 12.3. The van der Waals surface area contributed by atoms with E-state index < -0.39 is 23.8 Å². The molecular formula is C31H30F4O2. The topological polar surface area (TPSA) is 26.3 Å². The van der Waals surface area contributed by atoms with Gasteiger partial charge in [0.05, 0.1) is 11.1 Å². The third-order valence-corrected chi connectivity index (χ3v) is 5.93. The van der Waals surface area contributed by atoms with E-state index in [0.29, 0.717) is 16.7 Å². The Morgan fingerprint density at radius 2 is 1.68 bits per heavy atom. The molecule has 37 heavy (non-hydrogen) atoms. The van der Waals surface area contributed by atoms with Crippen molar-refractivity contribution in [3.63, 3.8) is 0 Å². The van der Waals surface area contributed by atoms with Crippen LogP contribution in [-0.4, -0.2) is 5.97 Å². The minimum absolute atomic E-state index is 0.262. The lowest BCUT2D eigenvalue weighted by Gasteiger charge is -2.18. The number of carbonyl (C=O) groups excluding carboxylic acids is 1. The standard InChI is InChI=1S/C31H30F4O2/c1-3-5-7-8-10-29(24-16-18-26(19-17-24)31(33,34)35)37-30(36)25-14-12-23(13-15-25)27-20-11-22(9-6-4-2)21-28(27)32/h3,5,7-8,11-21,29H,4,6,9-10H2,1-2H3/b5-3-,8-7-. The molecule has 3 aromatic carbocycles. The maximum absolute atomic E-state index is 14.7. The van der Waals surface area contributed by atoms with Gasteiger partial charge in [-0.15, -0.1) is 0 Å². The lowest BCUT2D eigenvalue weighted by Crippen LogP contribution is -2.12. The van der Waals surface area contributed by atoms with Crippen LogP contribution in [-0.2, 0) is 17.3 Å². The highest BCUT2D eigenvalue weighted by Gasteiger charge is 2.30. The zero-order valence-electron chi connectivity index (χ0n) is 20.9. The van der Waals surface area contributed by atoms with Crippen LogP contribution in [0.25, 0.3) is 11.1 Å². The summed E-state index contributed by atoms with van der Waals surface area (Å²) in [5.41, 5.74) is 1.96. The Labute approximate surface area is 215 Å². The molecule has 0 saturated carbocycles. The third kappa shape index (κ3) is 7.91. The SMILES string of the molecule is C/C=C\C=C/CC(OC(=O)c1ccc(-c2ccc(CCCC)cc2F)cc1)c1ccc(C(F)(F)F)cc1. The summed E-state index contributed by atoms with van der Waals surface area (Å²) < 4.78 is 59.2. The number of alkyl halides is 3. The number of aryl methyl sites for hydroxylation is 1. The third-order valence-electron chi connectivity index (χ3n) is 5.93. The molecule has 0 heterocycles. The van der Waals surface area contributed by atoms with Gasteiger partial charge in [0.15, 0.2) is 0 Å². The summed E-state index contributed by atoms with van der Waals surface area (Å²) in [5, 5.41) is 0. The van der Waals surface area contributed by atoms with Gasteiger partial charge in [0.2, 0.25) is 0 Å². The zero-order chi connectivity index (χ0) is 26.8. The number of ether oxygens (including phenoxy) is 1. The largest absolute Gasteiger partial charge is 0.454 e. The van der Waals surface area contributed by atoms with Gasteiger partial charge in [-0.1, -0.05) is 74.0 Å². The predicted molar refractivity (Wildman–Crippen MR) is 139 cm³/mol. The van der Waals surface area contributed by atoms with Crippen LogP contribution in [0.3, 0.4) is 0 Å². The van der Waals surface area contributed by atoms with Crippen molar-refractivity contribution in [2.75, 3.05) is 0 Å². The van der Waals surface area contributed by atoms with Crippen molar-refractivity contribution in [3.05, 3.63) is 119 Å². The quantitative estimate of drug-likeness (QED) is 0.154. The van der Waals surface area contributed by atoms with E-state index in [0.717, 1.165) is 37.0 Å². The first kappa shape index (κ1) is 27.9. The zero-order valence-corrected chi connectivity index (χ0v) is 20.9. The molecule has 0 aliphatic carbocycles. The molecule has 0 bridgehead atoms. The highest BCUT2D eigenvalue weighted by Crippen LogP contribution is 2.32. The van der Waals surface area contributed by atoms with Crippen molar-refractivity contribution < 1.29 is 27.1 Å². The molecule has 0 aliphatic rings. The van der Waals surface area contributed by atoms with E-state index >= 15 is 0 Å². The van der Waals surface area contributed by atoms with Crippen LogP contribution in [0.15, 0.2) is 91.0 Å². The van der Waals surface area contributed by atoms with E-state index in [1.54, 1.807) is 54.6 Å². The minimum Gasteiger partial charge on any atom is -0.454 e. The summed E-state index contributed by atoms with van der Waals surface area (Å²) in [6.07, 6.45) is 5.11. The highest BCUT2D eigenvalue weighted by atomic mass is 19.4. The number of esters is 1. The van der Waals surface area contributed by atoms with Gasteiger partial charge < -0.3 is 4.74 Å². The molecule has 3 rings (SSSR count). The molecule has 1 unspecified atom stereocenters. The molecule has 2 nitrogen and oxygen atoms in total. The molecule has 0 aromatic heterocycles. The van der Waals surface area contributed by atoms with Gasteiger partial charge in [0.1, 0.15) is 11.9 Å². The van der Waals surface area contributed by atoms with Gasteiger partial charge >= 0.3 is 12.1 Å². The van der Waals surface area contributed by atoms with Crippen molar-refractivity contribution >= 4 is 5.97 Å². The molecule has 0 N–H and O–H groups in total.